The number of amides is 1. The number of carbonyl (C=O) groups is 1. The number of hydrogen-bond acceptors (Lipinski definition) is 6. The van der Waals surface area contributed by atoms with Crippen molar-refractivity contribution in [2.45, 2.75) is 33.1 Å². The van der Waals surface area contributed by atoms with Crippen molar-refractivity contribution in [3.8, 4) is 34.0 Å². The summed E-state index contributed by atoms with van der Waals surface area (Å²) in [4.78, 5) is 33.7. The highest BCUT2D eigenvalue weighted by atomic mass is 19.1. The van der Waals surface area contributed by atoms with Crippen molar-refractivity contribution in [3.05, 3.63) is 72.6 Å². The number of fused-ring (bicyclic) bond motifs is 2. The van der Waals surface area contributed by atoms with E-state index in [2.05, 4.69) is 35.5 Å². The molecule has 0 saturated heterocycles. The molecule has 0 aliphatic heterocycles. The summed E-state index contributed by atoms with van der Waals surface area (Å²) >= 11 is 0. The van der Waals surface area contributed by atoms with Gasteiger partial charge in [0.25, 0.3) is 0 Å². The van der Waals surface area contributed by atoms with Crippen LogP contribution in [-0.2, 0) is 4.79 Å². The fourth-order valence-corrected chi connectivity index (χ4v) is 4.60. The van der Waals surface area contributed by atoms with Gasteiger partial charge in [0.15, 0.2) is 5.82 Å². The molecule has 0 unspecified atom stereocenters. The van der Waals surface area contributed by atoms with Crippen molar-refractivity contribution in [1.82, 2.24) is 35.1 Å². The molecule has 39 heavy (non-hydrogen) atoms. The van der Waals surface area contributed by atoms with Crippen LogP contribution in [0.4, 0.5) is 10.1 Å². The van der Waals surface area contributed by atoms with Crippen LogP contribution in [-0.4, -0.2) is 41.0 Å². The van der Waals surface area contributed by atoms with Crippen LogP contribution in [0.5, 0.6) is 0 Å². The molecule has 1 aromatic carbocycles. The summed E-state index contributed by atoms with van der Waals surface area (Å²) in [5, 5.41) is 11.2. The Bertz CT molecular complexity index is 1820. The number of pyridine rings is 3. The maximum absolute atomic E-state index is 14.1. The number of aryl methyl sites for hydroxylation is 1. The van der Waals surface area contributed by atoms with E-state index in [1.807, 2.05) is 38.1 Å². The highest BCUT2D eigenvalue weighted by molar-refractivity contribution is 5.97. The summed E-state index contributed by atoms with van der Waals surface area (Å²) in [5.74, 6) is 0.186. The maximum Gasteiger partial charge on any atom is 0.224 e. The molecule has 0 spiro atoms. The molecule has 1 amide bonds. The average molecular weight is 521 g/mol. The molecule has 0 bridgehead atoms. The fourth-order valence-electron chi connectivity index (χ4n) is 4.60. The highest BCUT2D eigenvalue weighted by Gasteiger charge is 2.17. The largest absolute Gasteiger partial charge is 0.336 e. The molecule has 5 aromatic heterocycles. The van der Waals surface area contributed by atoms with Crippen molar-refractivity contribution >= 4 is 33.5 Å². The fraction of sp³-hybridized carbons (Fsp3) is 0.172. The van der Waals surface area contributed by atoms with Crippen molar-refractivity contribution < 1.29 is 9.18 Å². The summed E-state index contributed by atoms with van der Waals surface area (Å²) in [6.45, 7) is 3.89. The third-order valence-corrected chi connectivity index (χ3v) is 6.46. The second-order valence-electron chi connectivity index (χ2n) is 9.46. The number of aromatic nitrogens is 7. The molecule has 0 atom stereocenters. The molecule has 3 N–H and O–H groups in total. The van der Waals surface area contributed by atoms with Crippen LogP contribution in [0.15, 0.2) is 61.2 Å². The standard InChI is InChI=1S/C29H25FN8O/c1-3-4-5-25(39)34-20-11-18(13-31-14-20)23-12-21-24(15-33-23)37-38-27(21)29-35-22-6-7-32-26(28(22)36-29)17-8-16(2)9-19(30)10-17/h6-15H,3-5H2,1-2H3,(H,34,39)(H,35,36)(H,37,38). The second kappa shape index (κ2) is 10.1. The van der Waals surface area contributed by atoms with Gasteiger partial charge in [-0.1, -0.05) is 13.3 Å². The molecule has 6 rings (SSSR count). The summed E-state index contributed by atoms with van der Waals surface area (Å²) in [6, 6.07) is 10.4. The van der Waals surface area contributed by atoms with E-state index in [-0.39, 0.29) is 11.7 Å². The number of H-pyrrole nitrogens is 2. The van der Waals surface area contributed by atoms with E-state index in [1.54, 1.807) is 24.8 Å². The van der Waals surface area contributed by atoms with Gasteiger partial charge in [0, 0.05) is 35.3 Å². The first-order chi connectivity index (χ1) is 19.0. The lowest BCUT2D eigenvalue weighted by atomic mass is 10.1. The minimum atomic E-state index is -0.322. The topological polar surface area (TPSA) is 125 Å². The zero-order valence-corrected chi connectivity index (χ0v) is 21.4. The van der Waals surface area contributed by atoms with Gasteiger partial charge in [0.05, 0.1) is 40.5 Å². The number of nitrogens with one attached hydrogen (secondary N) is 3. The predicted octanol–water partition coefficient (Wildman–Crippen LogP) is 6.20. The Morgan fingerprint density at radius 2 is 1.90 bits per heavy atom. The highest BCUT2D eigenvalue weighted by Crippen LogP contribution is 2.32. The third kappa shape index (κ3) is 4.84. The number of halogens is 1. The van der Waals surface area contributed by atoms with Gasteiger partial charge >= 0.3 is 0 Å². The number of benzene rings is 1. The zero-order valence-electron chi connectivity index (χ0n) is 21.4. The Hall–Kier alpha value is -4.99. The van der Waals surface area contributed by atoms with E-state index in [0.717, 1.165) is 40.4 Å². The summed E-state index contributed by atoms with van der Waals surface area (Å²) < 4.78 is 14.1. The number of unbranched alkanes of at least 4 members (excludes halogenated alkanes) is 1. The van der Waals surface area contributed by atoms with Crippen molar-refractivity contribution in [2.24, 2.45) is 0 Å². The maximum atomic E-state index is 14.1. The number of hydrogen-bond donors (Lipinski definition) is 3. The smallest absolute Gasteiger partial charge is 0.224 e. The van der Waals surface area contributed by atoms with Crippen molar-refractivity contribution in [3.63, 3.8) is 0 Å². The number of nitrogens with zero attached hydrogens (tertiary/aromatic N) is 5. The van der Waals surface area contributed by atoms with E-state index in [0.29, 0.717) is 46.1 Å². The quantitative estimate of drug-likeness (QED) is 0.230. The Balaban J connectivity index is 1.38. The lowest BCUT2D eigenvalue weighted by Gasteiger charge is -2.07. The zero-order chi connectivity index (χ0) is 26.9. The van der Waals surface area contributed by atoms with E-state index in [4.69, 9.17) is 4.98 Å². The van der Waals surface area contributed by atoms with Gasteiger partial charge in [-0.15, -0.1) is 0 Å². The van der Waals surface area contributed by atoms with Crippen LogP contribution in [0, 0.1) is 12.7 Å². The first kappa shape index (κ1) is 24.4. The molecule has 9 nitrogen and oxygen atoms in total. The van der Waals surface area contributed by atoms with Gasteiger partial charge < -0.3 is 10.3 Å². The van der Waals surface area contributed by atoms with E-state index in [9.17, 15) is 9.18 Å². The van der Waals surface area contributed by atoms with E-state index in [1.165, 1.54) is 12.1 Å². The van der Waals surface area contributed by atoms with Crippen LogP contribution in [0.25, 0.3) is 56.0 Å². The van der Waals surface area contributed by atoms with Crippen LogP contribution < -0.4 is 5.32 Å². The Kier molecular flexibility index (Phi) is 6.28. The number of rotatable bonds is 7. The monoisotopic (exact) mass is 520 g/mol. The number of imidazole rings is 1. The third-order valence-electron chi connectivity index (χ3n) is 6.46. The number of anilines is 1. The predicted molar refractivity (Wildman–Crippen MR) is 148 cm³/mol. The molecular weight excluding hydrogens is 495 g/mol. The van der Waals surface area contributed by atoms with Gasteiger partial charge in [-0.2, -0.15) is 5.10 Å². The molecule has 194 valence electrons. The summed E-state index contributed by atoms with van der Waals surface area (Å²) in [6.07, 6.45) is 8.96. The van der Waals surface area contributed by atoms with Crippen LogP contribution in [0.3, 0.4) is 0 Å². The van der Waals surface area contributed by atoms with Crippen molar-refractivity contribution in [2.75, 3.05) is 5.32 Å². The van der Waals surface area contributed by atoms with Crippen molar-refractivity contribution in [1.29, 1.82) is 0 Å². The number of aromatic amines is 2. The first-order valence-corrected chi connectivity index (χ1v) is 12.7. The molecular formula is C29H25FN8O. The molecule has 0 aliphatic carbocycles. The second-order valence-corrected chi connectivity index (χ2v) is 9.46. The molecule has 6 aromatic rings. The Morgan fingerprint density at radius 3 is 2.74 bits per heavy atom. The van der Waals surface area contributed by atoms with Crippen LogP contribution in [0.2, 0.25) is 0 Å². The summed E-state index contributed by atoms with van der Waals surface area (Å²) in [7, 11) is 0. The van der Waals surface area contributed by atoms with Gasteiger partial charge in [-0.3, -0.25) is 24.8 Å². The van der Waals surface area contributed by atoms with E-state index < -0.39 is 0 Å². The van der Waals surface area contributed by atoms with Gasteiger partial charge in [0.2, 0.25) is 5.91 Å². The lowest BCUT2D eigenvalue weighted by molar-refractivity contribution is -0.116. The molecule has 10 heteroatoms. The van der Waals surface area contributed by atoms with Crippen LogP contribution in [0.1, 0.15) is 31.7 Å². The minimum absolute atomic E-state index is 0.0384. The van der Waals surface area contributed by atoms with Gasteiger partial charge in [0.1, 0.15) is 17.0 Å². The number of carbonyl (C=O) groups excluding carboxylic acids is 1. The molecule has 0 fully saturated rings. The molecule has 5 heterocycles. The molecule has 0 radical (unpaired) electrons. The lowest BCUT2D eigenvalue weighted by Crippen LogP contribution is -2.11. The van der Waals surface area contributed by atoms with Crippen LogP contribution >= 0.6 is 0 Å². The average Bonchev–Trinajstić information content (AvgIpc) is 3.55. The normalized spacial score (nSPS) is 11.4. The molecule has 0 saturated carbocycles. The Labute approximate surface area is 223 Å². The summed E-state index contributed by atoms with van der Waals surface area (Å²) in [5.41, 5.74) is 6.84. The van der Waals surface area contributed by atoms with Gasteiger partial charge in [-0.05, 0) is 55.3 Å². The minimum Gasteiger partial charge on any atom is -0.336 e. The molecule has 0 aliphatic rings. The SMILES string of the molecule is CCCCC(=O)Nc1cncc(-c2cc3c(-c4nc5c(-c6cc(C)cc(F)c6)nccc5[nH]4)n[nH]c3cn2)c1. The van der Waals surface area contributed by atoms with Gasteiger partial charge in [-0.25, -0.2) is 9.37 Å². The first-order valence-electron chi connectivity index (χ1n) is 12.7. The van der Waals surface area contributed by atoms with E-state index >= 15 is 0 Å². The Morgan fingerprint density at radius 1 is 1.00 bits per heavy atom.